The zero-order valence-corrected chi connectivity index (χ0v) is 11.5. The molecule has 2 N–H and O–H groups in total. The molecule has 21 heavy (non-hydrogen) atoms. The van der Waals surface area contributed by atoms with Gasteiger partial charge in [-0.05, 0) is 54.4 Å². The summed E-state index contributed by atoms with van der Waals surface area (Å²) in [7, 11) is 0. The smallest absolute Gasteiger partial charge is 0.255 e. The fraction of sp³-hybridized carbons (Fsp3) is 0.176. The van der Waals surface area contributed by atoms with Gasteiger partial charge in [0.15, 0.2) is 0 Å². The number of hydrogen-bond acceptors (Lipinski definition) is 3. The molecule has 0 unspecified atom stereocenters. The van der Waals surface area contributed by atoms with Crippen molar-refractivity contribution >= 4 is 11.6 Å². The van der Waals surface area contributed by atoms with Crippen LogP contribution >= 0.6 is 0 Å². The van der Waals surface area contributed by atoms with Crippen molar-refractivity contribution in [3.63, 3.8) is 0 Å². The van der Waals surface area contributed by atoms with Gasteiger partial charge >= 0.3 is 0 Å². The Kier molecular flexibility index (Phi) is 3.67. The van der Waals surface area contributed by atoms with Crippen LogP contribution in [0.4, 0.5) is 5.69 Å². The predicted octanol–water partition coefficient (Wildman–Crippen LogP) is 2.46. The van der Waals surface area contributed by atoms with Crippen molar-refractivity contribution in [2.75, 3.05) is 11.9 Å². The highest BCUT2D eigenvalue weighted by molar-refractivity contribution is 6.04. The number of carbonyl (C=O) groups excluding carboxylic acids is 1. The summed E-state index contributed by atoms with van der Waals surface area (Å²) in [6.07, 6.45) is 0.982. The van der Waals surface area contributed by atoms with E-state index in [4.69, 9.17) is 5.26 Å². The fourth-order valence-corrected chi connectivity index (χ4v) is 2.52. The molecule has 2 aromatic carbocycles. The van der Waals surface area contributed by atoms with Crippen LogP contribution in [0.2, 0.25) is 0 Å². The van der Waals surface area contributed by atoms with Crippen molar-refractivity contribution in [3.05, 3.63) is 64.7 Å². The minimum Gasteiger partial charge on any atom is -0.322 e. The molecule has 1 aliphatic rings. The van der Waals surface area contributed by atoms with Gasteiger partial charge in [0.2, 0.25) is 0 Å². The molecule has 0 bridgehead atoms. The highest BCUT2D eigenvalue weighted by Gasteiger charge is 2.14. The van der Waals surface area contributed by atoms with Crippen molar-refractivity contribution in [2.45, 2.75) is 13.0 Å². The van der Waals surface area contributed by atoms with Crippen molar-refractivity contribution < 1.29 is 4.79 Å². The molecular formula is C17H15N3O. The first-order chi connectivity index (χ1) is 10.3. The summed E-state index contributed by atoms with van der Waals surface area (Å²) in [5.41, 5.74) is 4.40. The predicted molar refractivity (Wildman–Crippen MR) is 81.0 cm³/mol. The van der Waals surface area contributed by atoms with E-state index < -0.39 is 0 Å². The maximum Gasteiger partial charge on any atom is 0.255 e. The second-order valence-electron chi connectivity index (χ2n) is 5.01. The first-order valence-corrected chi connectivity index (χ1v) is 6.91. The summed E-state index contributed by atoms with van der Waals surface area (Å²) in [4.78, 5) is 12.3. The van der Waals surface area contributed by atoms with Gasteiger partial charge in [-0.2, -0.15) is 5.26 Å². The third-order valence-corrected chi connectivity index (χ3v) is 3.67. The Morgan fingerprint density at radius 2 is 2.00 bits per heavy atom. The Balaban J connectivity index is 1.83. The maximum absolute atomic E-state index is 12.3. The molecule has 0 radical (unpaired) electrons. The van der Waals surface area contributed by atoms with Crippen LogP contribution in [0.3, 0.4) is 0 Å². The average Bonchev–Trinajstić information content (AvgIpc) is 2.55. The second kappa shape index (κ2) is 5.78. The minimum atomic E-state index is -0.154. The number of carbonyl (C=O) groups is 1. The lowest BCUT2D eigenvalue weighted by Crippen LogP contribution is -2.25. The normalized spacial score (nSPS) is 13.1. The summed E-state index contributed by atoms with van der Waals surface area (Å²) in [5, 5.41) is 15.1. The quantitative estimate of drug-likeness (QED) is 0.886. The SMILES string of the molecule is N#Cc1ccc(C(=O)Nc2cccc3c2CNCC3)cc1. The molecule has 3 rings (SSSR count). The highest BCUT2D eigenvalue weighted by Crippen LogP contribution is 2.23. The van der Waals surface area contributed by atoms with Gasteiger partial charge in [0.25, 0.3) is 5.91 Å². The van der Waals surface area contributed by atoms with Crippen LogP contribution in [0.1, 0.15) is 27.0 Å². The summed E-state index contributed by atoms with van der Waals surface area (Å²) < 4.78 is 0. The molecule has 104 valence electrons. The first-order valence-electron chi connectivity index (χ1n) is 6.91. The lowest BCUT2D eigenvalue weighted by atomic mass is 9.99. The van der Waals surface area contributed by atoms with Crippen LogP contribution in [0.5, 0.6) is 0 Å². The Hall–Kier alpha value is -2.64. The van der Waals surface area contributed by atoms with E-state index in [9.17, 15) is 4.79 Å². The molecular weight excluding hydrogens is 262 g/mol. The summed E-state index contributed by atoms with van der Waals surface area (Å²) in [6.45, 7) is 1.75. The summed E-state index contributed by atoms with van der Waals surface area (Å²) in [5.74, 6) is -0.154. The largest absolute Gasteiger partial charge is 0.322 e. The third kappa shape index (κ3) is 2.78. The number of rotatable bonds is 2. The van der Waals surface area contributed by atoms with Gasteiger partial charge in [-0.25, -0.2) is 0 Å². The number of fused-ring (bicyclic) bond motifs is 1. The molecule has 0 aromatic heterocycles. The molecule has 0 saturated carbocycles. The van der Waals surface area contributed by atoms with Crippen molar-refractivity contribution in [1.29, 1.82) is 5.26 Å². The van der Waals surface area contributed by atoms with Crippen LogP contribution in [0, 0.1) is 11.3 Å². The first kappa shape index (κ1) is 13.3. The molecule has 1 heterocycles. The van der Waals surface area contributed by atoms with Crippen LogP contribution in [0.15, 0.2) is 42.5 Å². The standard InChI is InChI=1S/C17H15N3O/c18-10-12-4-6-14(7-5-12)17(21)20-16-3-1-2-13-8-9-19-11-15(13)16/h1-7,19H,8-9,11H2,(H,20,21). The molecule has 0 atom stereocenters. The van der Waals surface area contributed by atoms with E-state index >= 15 is 0 Å². The number of benzene rings is 2. The lowest BCUT2D eigenvalue weighted by molar-refractivity contribution is 0.102. The maximum atomic E-state index is 12.3. The molecule has 1 amide bonds. The van der Waals surface area contributed by atoms with Crippen molar-refractivity contribution in [2.24, 2.45) is 0 Å². The number of nitriles is 1. The Labute approximate surface area is 123 Å². The number of anilines is 1. The molecule has 4 nitrogen and oxygen atoms in total. The van der Waals surface area contributed by atoms with Gasteiger partial charge < -0.3 is 10.6 Å². The van der Waals surface area contributed by atoms with Gasteiger partial charge in [-0.1, -0.05) is 12.1 Å². The van der Waals surface area contributed by atoms with Gasteiger partial charge in [-0.15, -0.1) is 0 Å². The minimum absolute atomic E-state index is 0.154. The second-order valence-corrected chi connectivity index (χ2v) is 5.01. The van der Waals surface area contributed by atoms with Gasteiger partial charge in [0.1, 0.15) is 0 Å². The Morgan fingerprint density at radius 1 is 1.19 bits per heavy atom. The zero-order valence-electron chi connectivity index (χ0n) is 11.5. The number of nitrogens with zero attached hydrogens (tertiary/aromatic N) is 1. The molecule has 0 aliphatic carbocycles. The van der Waals surface area contributed by atoms with E-state index in [-0.39, 0.29) is 5.91 Å². The molecule has 0 saturated heterocycles. The molecule has 0 spiro atoms. The van der Waals surface area contributed by atoms with Crippen molar-refractivity contribution in [3.8, 4) is 6.07 Å². The van der Waals surface area contributed by atoms with E-state index in [1.807, 2.05) is 18.2 Å². The third-order valence-electron chi connectivity index (χ3n) is 3.67. The summed E-state index contributed by atoms with van der Waals surface area (Å²) >= 11 is 0. The Bertz CT molecular complexity index is 714. The highest BCUT2D eigenvalue weighted by atomic mass is 16.1. The number of nitrogens with one attached hydrogen (secondary N) is 2. The van der Waals surface area contributed by atoms with Crippen LogP contribution < -0.4 is 10.6 Å². The van der Waals surface area contributed by atoms with E-state index in [0.29, 0.717) is 11.1 Å². The topological polar surface area (TPSA) is 64.9 Å². The van der Waals surface area contributed by atoms with E-state index in [2.05, 4.69) is 16.7 Å². The average molecular weight is 277 g/mol. The number of hydrogen-bond donors (Lipinski definition) is 2. The van der Waals surface area contributed by atoms with E-state index in [0.717, 1.165) is 30.8 Å². The molecule has 1 aliphatic heterocycles. The molecule has 2 aromatic rings. The molecule has 0 fully saturated rings. The Morgan fingerprint density at radius 3 is 2.76 bits per heavy atom. The van der Waals surface area contributed by atoms with Gasteiger partial charge in [0, 0.05) is 17.8 Å². The van der Waals surface area contributed by atoms with Crippen LogP contribution in [0.25, 0.3) is 0 Å². The van der Waals surface area contributed by atoms with E-state index in [1.54, 1.807) is 24.3 Å². The number of amides is 1. The molecule has 4 heteroatoms. The van der Waals surface area contributed by atoms with E-state index in [1.165, 1.54) is 5.56 Å². The van der Waals surface area contributed by atoms with Gasteiger partial charge in [-0.3, -0.25) is 4.79 Å². The van der Waals surface area contributed by atoms with Crippen LogP contribution in [-0.4, -0.2) is 12.5 Å². The monoisotopic (exact) mass is 277 g/mol. The van der Waals surface area contributed by atoms with Crippen molar-refractivity contribution in [1.82, 2.24) is 5.32 Å². The van der Waals surface area contributed by atoms with Crippen LogP contribution in [-0.2, 0) is 13.0 Å². The zero-order chi connectivity index (χ0) is 14.7. The fourth-order valence-electron chi connectivity index (χ4n) is 2.52. The summed E-state index contributed by atoms with van der Waals surface area (Å²) in [6, 6.07) is 14.7. The van der Waals surface area contributed by atoms with Gasteiger partial charge in [0.05, 0.1) is 11.6 Å². The lowest BCUT2D eigenvalue weighted by Gasteiger charge is -2.20.